The third kappa shape index (κ3) is 3.35. The van der Waals surface area contributed by atoms with Gasteiger partial charge in [-0.05, 0) is 44.3 Å². The Kier molecular flexibility index (Phi) is 5.59. The minimum absolute atomic E-state index is 0.129. The second-order valence-corrected chi connectivity index (χ2v) is 9.57. The number of hydrogen-bond donors (Lipinski definition) is 4. The van der Waals surface area contributed by atoms with Crippen molar-refractivity contribution >= 4 is 34.6 Å². The normalized spacial score (nSPS) is 25.9. The van der Waals surface area contributed by atoms with Gasteiger partial charge < -0.3 is 26.0 Å². The van der Waals surface area contributed by atoms with Crippen molar-refractivity contribution in [1.82, 2.24) is 4.90 Å². The minimum Gasteiger partial charge on any atom is -0.510 e. The molecular formula is C23H26N4O8. The molecular weight excluding hydrogens is 460 g/mol. The van der Waals surface area contributed by atoms with Crippen molar-refractivity contribution in [3.63, 3.8) is 0 Å². The lowest BCUT2D eigenvalue weighted by atomic mass is 9.59. The van der Waals surface area contributed by atoms with Crippen LogP contribution in [0.5, 0.6) is 5.75 Å². The number of likely N-dealkylation sites (N-methyl/N-ethyl adjacent to an activating group) is 1. The average molecular weight is 486 g/mol. The predicted octanol–water partition coefficient (Wildman–Crippen LogP) is 0.823. The van der Waals surface area contributed by atoms with Crippen molar-refractivity contribution in [2.24, 2.45) is 23.5 Å². The van der Waals surface area contributed by atoms with Gasteiger partial charge >= 0.3 is 5.69 Å². The molecule has 0 aromatic heterocycles. The van der Waals surface area contributed by atoms with Gasteiger partial charge in [0, 0.05) is 31.4 Å². The first-order valence-corrected chi connectivity index (χ1v) is 10.9. The van der Waals surface area contributed by atoms with Gasteiger partial charge in [0.1, 0.15) is 17.1 Å². The fraction of sp³-hybridized carbons (Fsp3) is 0.435. The summed E-state index contributed by atoms with van der Waals surface area (Å²) in [6.07, 6.45) is 0.356. The maximum absolute atomic E-state index is 13.7. The third-order valence-corrected chi connectivity index (χ3v) is 7.20. The lowest BCUT2D eigenvalue weighted by Crippen LogP contribution is -2.55. The van der Waals surface area contributed by atoms with Crippen molar-refractivity contribution in [2.75, 3.05) is 33.1 Å². The van der Waals surface area contributed by atoms with Crippen LogP contribution in [0.2, 0.25) is 0 Å². The molecule has 4 rings (SSSR count). The molecule has 3 aliphatic carbocycles. The molecule has 3 unspecified atom stereocenters. The van der Waals surface area contributed by atoms with Crippen molar-refractivity contribution in [1.29, 1.82) is 0 Å². The largest absolute Gasteiger partial charge is 0.510 e. The van der Waals surface area contributed by atoms with Gasteiger partial charge in [0.25, 0.3) is 5.91 Å². The van der Waals surface area contributed by atoms with Crippen LogP contribution in [-0.2, 0) is 20.8 Å². The van der Waals surface area contributed by atoms with E-state index in [4.69, 9.17) is 5.73 Å². The van der Waals surface area contributed by atoms with Crippen LogP contribution in [-0.4, -0.2) is 76.8 Å². The highest BCUT2D eigenvalue weighted by Crippen LogP contribution is 2.53. The highest BCUT2D eigenvalue weighted by molar-refractivity contribution is 6.28. The number of primary amides is 1. The molecule has 5 N–H and O–H groups in total. The van der Waals surface area contributed by atoms with E-state index >= 15 is 0 Å². The van der Waals surface area contributed by atoms with Gasteiger partial charge in [0.05, 0.1) is 22.4 Å². The summed E-state index contributed by atoms with van der Waals surface area (Å²) >= 11 is 0. The molecule has 1 amide bonds. The zero-order valence-corrected chi connectivity index (χ0v) is 19.6. The number of phenolic OH excluding ortho intramolecular Hbond substituents is 1. The quantitative estimate of drug-likeness (QED) is 0.205. The summed E-state index contributed by atoms with van der Waals surface area (Å²) in [7, 11) is 6.59. The molecule has 0 saturated heterocycles. The van der Waals surface area contributed by atoms with Crippen LogP contribution in [0.25, 0.3) is 5.76 Å². The number of benzene rings is 1. The number of rotatable bonds is 4. The standard InChI is InChI=1S/C23H26N4O8/c1-25(2)11-7-12(27(34)35)18(28)14-9(11)5-8-6-10-15(20(30)13(8)19(14)29)21(31)16(23(24)33)22(32)17(10)26(3)4/h7-8,10,15,17,28-29,32H,5-6H2,1-4H3,(H2,24,33)/t8?,10?,15?,17-/m0/s1. The van der Waals surface area contributed by atoms with E-state index in [9.17, 15) is 39.8 Å². The molecule has 1 saturated carbocycles. The number of aromatic hydroxyl groups is 1. The van der Waals surface area contributed by atoms with E-state index < -0.39 is 74.7 Å². The van der Waals surface area contributed by atoms with Crippen LogP contribution in [0, 0.1) is 27.9 Å². The SMILES string of the molecule is CN(C)c1cc([N+](=O)[O-])c(O)c2c1CC1CC3C(C(=O)C(C(N)=O)=C(O)[C@H]3N(C)C)C(=O)C1=C2O. The van der Waals surface area contributed by atoms with Crippen LogP contribution in [0.1, 0.15) is 17.5 Å². The van der Waals surface area contributed by atoms with E-state index in [0.29, 0.717) is 11.3 Å². The summed E-state index contributed by atoms with van der Waals surface area (Å²) in [5.74, 6) is -7.41. The monoisotopic (exact) mass is 486 g/mol. The fourth-order valence-electron chi connectivity index (χ4n) is 5.84. The van der Waals surface area contributed by atoms with E-state index in [0.717, 1.165) is 0 Å². The number of nitro groups is 1. The molecule has 0 radical (unpaired) electrons. The first kappa shape index (κ1) is 24.2. The molecule has 1 aromatic carbocycles. The second-order valence-electron chi connectivity index (χ2n) is 9.57. The van der Waals surface area contributed by atoms with Gasteiger partial charge in [-0.25, -0.2) is 0 Å². The Labute approximate surface area is 200 Å². The zero-order chi connectivity index (χ0) is 26.1. The smallest absolute Gasteiger partial charge is 0.313 e. The number of nitro benzene ring substituents is 1. The van der Waals surface area contributed by atoms with Crippen LogP contribution in [0.3, 0.4) is 0 Å². The number of carbonyl (C=O) groups is 3. The van der Waals surface area contributed by atoms with E-state index in [-0.39, 0.29) is 24.0 Å². The average Bonchev–Trinajstić information content (AvgIpc) is 2.72. The molecule has 186 valence electrons. The Bertz CT molecular complexity index is 1260. The summed E-state index contributed by atoms with van der Waals surface area (Å²) in [6, 6.07) is 0.369. The van der Waals surface area contributed by atoms with Crippen molar-refractivity contribution in [3.05, 3.63) is 44.2 Å². The number of nitrogens with zero attached hydrogens (tertiary/aromatic N) is 3. The summed E-state index contributed by atoms with van der Waals surface area (Å²) in [4.78, 5) is 52.8. The Morgan fingerprint density at radius 1 is 1.14 bits per heavy atom. The number of Topliss-reactive ketones (excluding diaryl/α,β-unsaturated/α-hetero) is 2. The summed E-state index contributed by atoms with van der Waals surface area (Å²) < 4.78 is 0. The molecule has 12 nitrogen and oxygen atoms in total. The molecule has 0 heterocycles. The minimum atomic E-state index is -1.38. The van der Waals surface area contributed by atoms with Gasteiger partial charge in [0.15, 0.2) is 11.6 Å². The van der Waals surface area contributed by atoms with E-state index in [1.807, 2.05) is 0 Å². The number of carbonyl (C=O) groups excluding carboxylic acids is 3. The van der Waals surface area contributed by atoms with Crippen LogP contribution in [0.4, 0.5) is 11.4 Å². The van der Waals surface area contributed by atoms with Crippen LogP contribution >= 0.6 is 0 Å². The molecule has 4 atom stereocenters. The highest BCUT2D eigenvalue weighted by Gasteiger charge is 2.56. The summed E-state index contributed by atoms with van der Waals surface area (Å²) in [5.41, 5.74) is 4.53. The number of phenols is 1. The number of aliphatic hydroxyl groups excluding tert-OH is 2. The topological polar surface area (TPSA) is 188 Å². The van der Waals surface area contributed by atoms with Gasteiger partial charge in [-0.2, -0.15) is 0 Å². The van der Waals surface area contributed by atoms with Gasteiger partial charge in [-0.3, -0.25) is 29.4 Å². The van der Waals surface area contributed by atoms with E-state index in [1.54, 1.807) is 38.0 Å². The number of hydrogen-bond acceptors (Lipinski definition) is 10. The number of aliphatic hydroxyl groups is 2. The van der Waals surface area contributed by atoms with Crippen molar-refractivity contribution in [2.45, 2.75) is 18.9 Å². The first-order valence-electron chi connectivity index (χ1n) is 10.9. The number of nitrogens with two attached hydrogens (primary N) is 1. The summed E-state index contributed by atoms with van der Waals surface area (Å²) in [6.45, 7) is 0. The summed E-state index contributed by atoms with van der Waals surface area (Å²) in [5, 5.41) is 44.1. The lowest BCUT2D eigenvalue weighted by Gasteiger charge is -2.46. The fourth-order valence-corrected chi connectivity index (χ4v) is 5.84. The Morgan fingerprint density at radius 3 is 2.29 bits per heavy atom. The Balaban J connectivity index is 1.96. The van der Waals surface area contributed by atoms with Crippen LogP contribution < -0.4 is 10.6 Å². The maximum Gasteiger partial charge on any atom is 0.313 e. The molecule has 1 aromatic rings. The molecule has 0 bridgehead atoms. The van der Waals surface area contributed by atoms with Crippen molar-refractivity contribution in [3.8, 4) is 5.75 Å². The second kappa shape index (κ2) is 8.08. The lowest BCUT2D eigenvalue weighted by molar-refractivity contribution is -0.385. The van der Waals surface area contributed by atoms with E-state index in [2.05, 4.69) is 0 Å². The third-order valence-electron chi connectivity index (χ3n) is 7.20. The molecule has 3 aliphatic rings. The number of ketones is 2. The molecule has 0 spiro atoms. The number of amides is 1. The Hall–Kier alpha value is -3.93. The Morgan fingerprint density at radius 2 is 1.77 bits per heavy atom. The molecule has 1 fully saturated rings. The predicted molar refractivity (Wildman–Crippen MR) is 124 cm³/mol. The number of anilines is 1. The number of allylic oxidation sites excluding steroid dienone is 1. The zero-order valence-electron chi connectivity index (χ0n) is 19.6. The molecule has 12 heteroatoms. The van der Waals surface area contributed by atoms with Gasteiger partial charge in [-0.15, -0.1) is 0 Å². The highest BCUT2D eigenvalue weighted by atomic mass is 16.6. The first-order chi connectivity index (χ1) is 16.3. The van der Waals surface area contributed by atoms with Gasteiger partial charge in [-0.1, -0.05) is 0 Å². The molecule has 35 heavy (non-hydrogen) atoms. The number of fused-ring (bicyclic) bond motifs is 3. The molecule has 0 aliphatic heterocycles. The maximum atomic E-state index is 13.7. The van der Waals surface area contributed by atoms with Crippen LogP contribution in [0.15, 0.2) is 23.0 Å². The van der Waals surface area contributed by atoms with E-state index in [1.165, 1.54) is 6.07 Å². The van der Waals surface area contributed by atoms with Gasteiger partial charge in [0.2, 0.25) is 5.75 Å². The van der Waals surface area contributed by atoms with Crippen molar-refractivity contribution < 1.29 is 34.6 Å².